The van der Waals surface area contributed by atoms with E-state index >= 15 is 0 Å². The molecule has 0 spiro atoms. The lowest BCUT2D eigenvalue weighted by Crippen LogP contribution is -1.95. The number of aromatic nitrogens is 2. The molecule has 3 rings (SSSR count). The minimum absolute atomic E-state index is 0.702. The largest absolute Gasteiger partial charge is 0.494 e. The smallest absolute Gasteiger partial charge is 0.159 e. The zero-order chi connectivity index (χ0) is 15.2. The maximum atomic E-state index is 5.65. The predicted molar refractivity (Wildman–Crippen MR) is 87.5 cm³/mol. The summed E-state index contributed by atoms with van der Waals surface area (Å²) in [4.78, 5) is 8.94. The molecule has 0 fully saturated rings. The highest BCUT2D eigenvalue weighted by molar-refractivity contribution is 5.64. The minimum Gasteiger partial charge on any atom is -0.494 e. The summed E-state index contributed by atoms with van der Waals surface area (Å²) < 4.78 is 5.65. The maximum Gasteiger partial charge on any atom is 0.159 e. The Hall–Kier alpha value is -2.68. The van der Waals surface area contributed by atoms with Gasteiger partial charge in [-0.05, 0) is 30.2 Å². The third-order valence-corrected chi connectivity index (χ3v) is 3.27. The van der Waals surface area contributed by atoms with Crippen LogP contribution in [-0.4, -0.2) is 16.6 Å². The van der Waals surface area contributed by atoms with Crippen LogP contribution in [0.2, 0.25) is 0 Å². The van der Waals surface area contributed by atoms with Gasteiger partial charge in [0.2, 0.25) is 0 Å². The lowest BCUT2D eigenvalue weighted by molar-refractivity contribution is 0.317. The molecule has 1 radical (unpaired) electrons. The molecule has 1 heterocycles. The van der Waals surface area contributed by atoms with Crippen molar-refractivity contribution in [2.75, 3.05) is 6.61 Å². The van der Waals surface area contributed by atoms with Crippen molar-refractivity contribution in [3.63, 3.8) is 0 Å². The fraction of sp³-hybridized carbons (Fsp3) is 0.158. The summed E-state index contributed by atoms with van der Waals surface area (Å²) in [5.41, 5.74) is 3.04. The molecule has 1 aromatic heterocycles. The number of hydrogen-bond donors (Lipinski definition) is 0. The van der Waals surface area contributed by atoms with Gasteiger partial charge in [0.15, 0.2) is 5.82 Å². The number of hydrogen-bond acceptors (Lipinski definition) is 3. The molecule has 0 aliphatic heterocycles. The Morgan fingerprint density at radius 2 is 1.73 bits per heavy atom. The zero-order valence-corrected chi connectivity index (χ0v) is 12.5. The van der Waals surface area contributed by atoms with E-state index in [0.717, 1.165) is 28.9 Å². The van der Waals surface area contributed by atoms with Crippen LogP contribution < -0.4 is 4.74 Å². The van der Waals surface area contributed by atoms with Crippen LogP contribution in [0.5, 0.6) is 5.75 Å². The van der Waals surface area contributed by atoms with E-state index < -0.39 is 0 Å². The first-order valence-corrected chi connectivity index (χ1v) is 7.38. The Morgan fingerprint density at radius 3 is 2.45 bits per heavy atom. The molecule has 3 heteroatoms. The highest BCUT2D eigenvalue weighted by Crippen LogP contribution is 2.23. The molecule has 109 valence electrons. The van der Waals surface area contributed by atoms with Crippen molar-refractivity contribution >= 4 is 0 Å². The van der Waals surface area contributed by atoms with Crippen molar-refractivity contribution in [3.05, 3.63) is 67.0 Å². The van der Waals surface area contributed by atoms with E-state index in [2.05, 4.69) is 23.0 Å². The summed E-state index contributed by atoms with van der Waals surface area (Å²) in [7, 11) is 0. The van der Waals surface area contributed by atoms with Gasteiger partial charge in [0, 0.05) is 23.5 Å². The Labute approximate surface area is 130 Å². The van der Waals surface area contributed by atoms with Gasteiger partial charge >= 0.3 is 0 Å². The van der Waals surface area contributed by atoms with Crippen molar-refractivity contribution in [2.24, 2.45) is 0 Å². The third-order valence-electron chi connectivity index (χ3n) is 3.27. The number of ether oxygens (including phenoxy) is 1. The molecule has 0 saturated carbocycles. The normalized spacial score (nSPS) is 10.4. The fourth-order valence-electron chi connectivity index (χ4n) is 2.15. The average molecular weight is 289 g/mol. The Bertz CT molecular complexity index is 724. The summed E-state index contributed by atoms with van der Waals surface area (Å²) in [6.45, 7) is 2.81. The van der Waals surface area contributed by atoms with Crippen LogP contribution >= 0.6 is 0 Å². The van der Waals surface area contributed by atoms with Crippen molar-refractivity contribution < 1.29 is 4.74 Å². The Balaban J connectivity index is 1.84. The molecule has 0 aliphatic rings. The lowest BCUT2D eigenvalue weighted by atomic mass is 10.1. The Kier molecular flexibility index (Phi) is 4.44. The Morgan fingerprint density at radius 1 is 0.955 bits per heavy atom. The van der Waals surface area contributed by atoms with Gasteiger partial charge < -0.3 is 4.74 Å². The monoisotopic (exact) mass is 289 g/mol. The molecular weight excluding hydrogens is 272 g/mol. The van der Waals surface area contributed by atoms with Crippen molar-refractivity contribution in [1.82, 2.24) is 9.97 Å². The van der Waals surface area contributed by atoms with Gasteiger partial charge in [-0.2, -0.15) is 0 Å². The summed E-state index contributed by atoms with van der Waals surface area (Å²) in [6, 6.07) is 18.7. The van der Waals surface area contributed by atoms with Crippen LogP contribution in [0.1, 0.15) is 13.3 Å². The quantitative estimate of drug-likeness (QED) is 0.698. The van der Waals surface area contributed by atoms with Gasteiger partial charge in [-0.15, -0.1) is 0 Å². The molecule has 0 saturated heterocycles. The number of benzene rings is 2. The van der Waals surface area contributed by atoms with Gasteiger partial charge in [-0.1, -0.05) is 43.3 Å². The van der Waals surface area contributed by atoms with Crippen LogP contribution in [0.3, 0.4) is 0 Å². The first-order valence-electron chi connectivity index (χ1n) is 7.38. The van der Waals surface area contributed by atoms with Crippen molar-refractivity contribution in [2.45, 2.75) is 13.3 Å². The van der Waals surface area contributed by atoms with Crippen molar-refractivity contribution in [1.29, 1.82) is 0 Å². The lowest BCUT2D eigenvalue weighted by Gasteiger charge is -2.07. The first-order chi connectivity index (χ1) is 10.9. The summed E-state index contributed by atoms with van der Waals surface area (Å²) in [6.07, 6.45) is 4.68. The fourth-order valence-corrected chi connectivity index (χ4v) is 2.15. The molecular formula is C19H17N2O. The number of nitrogens with zero attached hydrogens (tertiary/aromatic N) is 2. The second-order valence-corrected chi connectivity index (χ2v) is 4.96. The molecule has 0 aliphatic carbocycles. The molecule has 0 atom stereocenters. The maximum absolute atomic E-state index is 5.65. The van der Waals surface area contributed by atoms with Crippen LogP contribution in [0.4, 0.5) is 0 Å². The molecule has 22 heavy (non-hydrogen) atoms. The SMILES string of the molecule is CCCOc1cccc(-c2ncc(-c3cc[c]cc3)cn2)c1. The van der Waals surface area contributed by atoms with Crippen LogP contribution in [0.25, 0.3) is 22.5 Å². The van der Waals surface area contributed by atoms with E-state index in [0.29, 0.717) is 12.4 Å². The highest BCUT2D eigenvalue weighted by Gasteiger charge is 2.04. The van der Waals surface area contributed by atoms with Crippen LogP contribution in [-0.2, 0) is 0 Å². The summed E-state index contributed by atoms with van der Waals surface area (Å²) in [5, 5.41) is 0. The van der Waals surface area contributed by atoms with Gasteiger partial charge in [0.25, 0.3) is 0 Å². The molecule has 0 N–H and O–H groups in total. The summed E-state index contributed by atoms with van der Waals surface area (Å²) >= 11 is 0. The topological polar surface area (TPSA) is 35.0 Å². The summed E-state index contributed by atoms with van der Waals surface area (Å²) in [5.74, 6) is 1.55. The molecule has 3 aromatic rings. The van der Waals surface area contributed by atoms with Crippen molar-refractivity contribution in [3.8, 4) is 28.3 Å². The third kappa shape index (κ3) is 3.31. The minimum atomic E-state index is 0.702. The van der Waals surface area contributed by atoms with E-state index in [1.54, 1.807) is 0 Å². The second-order valence-electron chi connectivity index (χ2n) is 4.96. The molecule has 2 aromatic carbocycles. The highest BCUT2D eigenvalue weighted by atomic mass is 16.5. The molecule has 0 amide bonds. The molecule has 0 bridgehead atoms. The standard InChI is InChI=1S/C19H17N2O/c1-2-11-22-18-10-6-9-16(12-18)19-20-13-17(14-21-19)15-7-4-3-5-8-15/h4-10,12-14H,2,11H2,1H3. The van der Waals surface area contributed by atoms with E-state index in [1.165, 1.54) is 0 Å². The first kappa shape index (κ1) is 14.3. The van der Waals surface area contributed by atoms with E-state index in [4.69, 9.17) is 4.74 Å². The van der Waals surface area contributed by atoms with E-state index in [9.17, 15) is 0 Å². The van der Waals surface area contributed by atoms with E-state index in [1.807, 2.05) is 60.9 Å². The van der Waals surface area contributed by atoms with E-state index in [-0.39, 0.29) is 0 Å². The zero-order valence-electron chi connectivity index (χ0n) is 12.5. The van der Waals surface area contributed by atoms with Crippen LogP contribution in [0, 0.1) is 6.07 Å². The van der Waals surface area contributed by atoms with Gasteiger partial charge in [-0.25, -0.2) is 9.97 Å². The van der Waals surface area contributed by atoms with Gasteiger partial charge in [0.05, 0.1) is 6.61 Å². The second kappa shape index (κ2) is 6.85. The van der Waals surface area contributed by atoms with Crippen LogP contribution in [0.15, 0.2) is 60.9 Å². The molecule has 3 nitrogen and oxygen atoms in total. The molecule has 0 unspecified atom stereocenters. The number of rotatable bonds is 5. The average Bonchev–Trinajstić information content (AvgIpc) is 2.61. The van der Waals surface area contributed by atoms with Gasteiger partial charge in [-0.3, -0.25) is 0 Å². The predicted octanol–water partition coefficient (Wildman–Crippen LogP) is 4.40. The van der Waals surface area contributed by atoms with Gasteiger partial charge in [0.1, 0.15) is 5.75 Å².